The van der Waals surface area contributed by atoms with Crippen molar-refractivity contribution in [2.75, 3.05) is 36.4 Å². The number of halogens is 1. The number of hydrogen-bond acceptors (Lipinski definition) is 3. The highest BCUT2D eigenvalue weighted by Crippen LogP contribution is 2.21. The number of amides is 2. The van der Waals surface area contributed by atoms with Gasteiger partial charge in [0.1, 0.15) is 5.82 Å². The van der Waals surface area contributed by atoms with Crippen LogP contribution in [0, 0.1) is 5.82 Å². The van der Waals surface area contributed by atoms with Crippen molar-refractivity contribution in [3.8, 4) is 0 Å². The number of para-hydroxylation sites is 2. The van der Waals surface area contributed by atoms with Gasteiger partial charge in [0.05, 0.1) is 16.8 Å². The second-order valence-electron chi connectivity index (χ2n) is 7.09. The smallest absolute Gasteiger partial charge is 0.258 e. The molecule has 5 nitrogen and oxygen atoms in total. The molecule has 0 aliphatic carbocycles. The summed E-state index contributed by atoms with van der Waals surface area (Å²) in [7, 11) is 0. The minimum absolute atomic E-state index is 0.0590. The Bertz CT molecular complexity index is 1050. The number of carbonyl (C=O) groups is 2. The van der Waals surface area contributed by atoms with Gasteiger partial charge in [-0.15, -0.1) is 0 Å². The summed E-state index contributed by atoms with van der Waals surface area (Å²) in [5, 5.41) is 2.69. The van der Waals surface area contributed by atoms with Crippen molar-refractivity contribution >= 4 is 23.2 Å². The van der Waals surface area contributed by atoms with Gasteiger partial charge >= 0.3 is 0 Å². The molecule has 30 heavy (non-hydrogen) atoms. The fourth-order valence-corrected chi connectivity index (χ4v) is 3.59. The molecule has 1 aliphatic rings. The predicted molar refractivity (Wildman–Crippen MR) is 115 cm³/mol. The van der Waals surface area contributed by atoms with E-state index in [4.69, 9.17) is 0 Å². The Balaban J connectivity index is 1.47. The molecule has 0 radical (unpaired) electrons. The molecule has 152 valence electrons. The molecule has 1 heterocycles. The van der Waals surface area contributed by atoms with E-state index in [1.54, 1.807) is 35.2 Å². The molecule has 1 aliphatic heterocycles. The number of hydrogen-bond donors (Lipinski definition) is 1. The van der Waals surface area contributed by atoms with Crippen molar-refractivity contribution in [1.82, 2.24) is 4.90 Å². The number of benzene rings is 3. The van der Waals surface area contributed by atoms with Crippen LogP contribution < -0.4 is 10.2 Å². The zero-order chi connectivity index (χ0) is 20.9. The summed E-state index contributed by atoms with van der Waals surface area (Å²) >= 11 is 0. The molecule has 0 saturated carbocycles. The van der Waals surface area contributed by atoms with Crippen LogP contribution in [0.15, 0.2) is 78.9 Å². The van der Waals surface area contributed by atoms with Crippen LogP contribution in [0.25, 0.3) is 0 Å². The Hall–Kier alpha value is -3.67. The summed E-state index contributed by atoms with van der Waals surface area (Å²) < 4.78 is 13.9. The first kappa shape index (κ1) is 19.6. The van der Waals surface area contributed by atoms with Crippen LogP contribution in [0.2, 0.25) is 0 Å². The third-order valence-electron chi connectivity index (χ3n) is 5.21. The highest BCUT2D eigenvalue weighted by Gasteiger charge is 2.24. The second kappa shape index (κ2) is 8.78. The average Bonchev–Trinajstić information content (AvgIpc) is 2.80. The molecule has 1 fully saturated rings. The van der Waals surface area contributed by atoms with E-state index in [-0.39, 0.29) is 11.5 Å². The highest BCUT2D eigenvalue weighted by atomic mass is 19.1. The monoisotopic (exact) mass is 403 g/mol. The third-order valence-corrected chi connectivity index (χ3v) is 5.21. The van der Waals surface area contributed by atoms with Gasteiger partial charge in [-0.1, -0.05) is 42.5 Å². The zero-order valence-corrected chi connectivity index (χ0v) is 16.4. The molecule has 4 rings (SSSR count). The molecular formula is C24H22FN3O2. The summed E-state index contributed by atoms with van der Waals surface area (Å²) in [5.41, 5.74) is 1.86. The third kappa shape index (κ3) is 4.17. The molecule has 0 atom stereocenters. The topological polar surface area (TPSA) is 52.7 Å². The normalized spacial score (nSPS) is 13.8. The molecule has 6 heteroatoms. The number of anilines is 2. The number of carbonyl (C=O) groups excluding carboxylic acids is 2. The highest BCUT2D eigenvalue weighted by molar-refractivity contribution is 6.09. The van der Waals surface area contributed by atoms with Crippen molar-refractivity contribution in [2.24, 2.45) is 0 Å². The summed E-state index contributed by atoms with van der Waals surface area (Å²) in [6, 6.07) is 22.7. The minimum Gasteiger partial charge on any atom is -0.368 e. The molecule has 3 aromatic carbocycles. The van der Waals surface area contributed by atoms with Crippen molar-refractivity contribution < 1.29 is 14.0 Å². The maximum atomic E-state index is 13.9. The Morgan fingerprint density at radius 1 is 0.733 bits per heavy atom. The van der Waals surface area contributed by atoms with Gasteiger partial charge in [0.2, 0.25) is 0 Å². The van der Waals surface area contributed by atoms with Crippen LogP contribution in [0.4, 0.5) is 15.8 Å². The van der Waals surface area contributed by atoms with Crippen LogP contribution in [-0.4, -0.2) is 42.9 Å². The first-order valence-corrected chi connectivity index (χ1v) is 9.87. The standard InChI is InChI=1S/C24H22FN3O2/c25-21-12-6-4-10-19(21)23(29)26-22-13-7-5-11-20(22)24(30)28-16-14-27(15-17-28)18-8-2-1-3-9-18/h1-13H,14-17H2,(H,26,29). The van der Waals surface area contributed by atoms with E-state index in [1.165, 1.54) is 18.2 Å². The van der Waals surface area contributed by atoms with Crippen molar-refractivity contribution in [3.05, 3.63) is 95.8 Å². The SMILES string of the molecule is O=C(Nc1ccccc1C(=O)N1CCN(c2ccccc2)CC1)c1ccccc1F. The van der Waals surface area contributed by atoms with E-state index < -0.39 is 11.7 Å². The van der Waals surface area contributed by atoms with Gasteiger partial charge < -0.3 is 15.1 Å². The Morgan fingerprint density at radius 2 is 1.33 bits per heavy atom. The van der Waals surface area contributed by atoms with E-state index >= 15 is 0 Å². The summed E-state index contributed by atoms with van der Waals surface area (Å²) in [5.74, 6) is -1.33. The summed E-state index contributed by atoms with van der Waals surface area (Å²) in [6.07, 6.45) is 0. The maximum Gasteiger partial charge on any atom is 0.258 e. The predicted octanol–water partition coefficient (Wildman–Crippen LogP) is 4.04. The van der Waals surface area contributed by atoms with E-state index in [0.29, 0.717) is 24.3 Å². The number of rotatable bonds is 4. The number of nitrogens with zero attached hydrogens (tertiary/aromatic N) is 2. The molecule has 3 aromatic rings. The van der Waals surface area contributed by atoms with Crippen molar-refractivity contribution in [1.29, 1.82) is 0 Å². The minimum atomic E-state index is -0.601. The quantitative estimate of drug-likeness (QED) is 0.715. The number of piperazine rings is 1. The van der Waals surface area contributed by atoms with Gasteiger partial charge in [0.15, 0.2) is 0 Å². The number of nitrogens with one attached hydrogen (secondary N) is 1. The molecule has 1 N–H and O–H groups in total. The van der Waals surface area contributed by atoms with Crippen LogP contribution in [0.3, 0.4) is 0 Å². The lowest BCUT2D eigenvalue weighted by Crippen LogP contribution is -2.48. The Kier molecular flexibility index (Phi) is 5.75. The van der Waals surface area contributed by atoms with Crippen LogP contribution in [0.5, 0.6) is 0 Å². The molecule has 0 unspecified atom stereocenters. The van der Waals surface area contributed by atoms with E-state index in [1.807, 2.05) is 18.2 Å². The Labute approximate surface area is 174 Å². The summed E-state index contributed by atoms with van der Waals surface area (Å²) in [4.78, 5) is 29.7. The second-order valence-corrected chi connectivity index (χ2v) is 7.09. The van der Waals surface area contributed by atoms with Gasteiger partial charge in [-0.05, 0) is 36.4 Å². The average molecular weight is 403 g/mol. The van der Waals surface area contributed by atoms with Crippen LogP contribution >= 0.6 is 0 Å². The van der Waals surface area contributed by atoms with Crippen LogP contribution in [0.1, 0.15) is 20.7 Å². The largest absolute Gasteiger partial charge is 0.368 e. The van der Waals surface area contributed by atoms with Gasteiger partial charge in [0, 0.05) is 31.9 Å². The van der Waals surface area contributed by atoms with E-state index in [2.05, 4.69) is 22.3 Å². The lowest BCUT2D eigenvalue weighted by molar-refractivity contribution is 0.0748. The van der Waals surface area contributed by atoms with Crippen molar-refractivity contribution in [3.63, 3.8) is 0 Å². The summed E-state index contributed by atoms with van der Waals surface area (Å²) in [6.45, 7) is 2.64. The van der Waals surface area contributed by atoms with Gasteiger partial charge in [-0.3, -0.25) is 9.59 Å². The fourth-order valence-electron chi connectivity index (χ4n) is 3.59. The molecule has 2 amide bonds. The first-order chi connectivity index (χ1) is 14.6. The van der Waals surface area contributed by atoms with Gasteiger partial charge in [0.25, 0.3) is 11.8 Å². The maximum absolute atomic E-state index is 13.9. The lowest BCUT2D eigenvalue weighted by atomic mass is 10.1. The lowest BCUT2D eigenvalue weighted by Gasteiger charge is -2.36. The molecule has 1 saturated heterocycles. The zero-order valence-electron chi connectivity index (χ0n) is 16.4. The van der Waals surface area contributed by atoms with Crippen molar-refractivity contribution in [2.45, 2.75) is 0 Å². The van der Waals surface area contributed by atoms with Crippen LogP contribution in [-0.2, 0) is 0 Å². The first-order valence-electron chi connectivity index (χ1n) is 9.87. The van der Waals surface area contributed by atoms with E-state index in [9.17, 15) is 14.0 Å². The molecule has 0 aromatic heterocycles. The molecule has 0 bridgehead atoms. The molecule has 0 spiro atoms. The van der Waals surface area contributed by atoms with Gasteiger partial charge in [-0.25, -0.2) is 4.39 Å². The van der Waals surface area contributed by atoms with E-state index in [0.717, 1.165) is 18.8 Å². The Morgan fingerprint density at radius 3 is 2.03 bits per heavy atom. The molecular weight excluding hydrogens is 381 g/mol. The van der Waals surface area contributed by atoms with Gasteiger partial charge in [-0.2, -0.15) is 0 Å². The fraction of sp³-hybridized carbons (Fsp3) is 0.167.